The number of alkyl carbamates (subject to hydrolysis) is 1. The SMILES string of the molecule is CCOC(=O)N[C@@H](Cc1ccccc1)[C@H](O)C(=O)N(CSC(C)C)CC(=O)NCc1ccccc1C. The minimum absolute atomic E-state index is 0.159. The number of carbonyl (C=O) groups excluding carboxylic acids is 3. The maximum Gasteiger partial charge on any atom is 0.407 e. The van der Waals surface area contributed by atoms with Gasteiger partial charge in [0.25, 0.3) is 5.91 Å². The Morgan fingerprint density at radius 3 is 2.36 bits per heavy atom. The number of hydrogen-bond donors (Lipinski definition) is 3. The number of thioether (sulfide) groups is 1. The lowest BCUT2D eigenvalue weighted by molar-refractivity contribution is -0.143. The Morgan fingerprint density at radius 1 is 1.06 bits per heavy atom. The van der Waals surface area contributed by atoms with E-state index in [4.69, 9.17) is 4.74 Å². The van der Waals surface area contributed by atoms with Crippen LogP contribution in [0.4, 0.5) is 4.79 Å². The lowest BCUT2D eigenvalue weighted by atomic mass is 10.0. The van der Waals surface area contributed by atoms with Gasteiger partial charge in [0.05, 0.1) is 18.5 Å². The normalized spacial score (nSPS) is 12.5. The van der Waals surface area contributed by atoms with Gasteiger partial charge < -0.3 is 25.4 Å². The smallest absolute Gasteiger partial charge is 0.407 e. The van der Waals surface area contributed by atoms with E-state index in [-0.39, 0.29) is 36.6 Å². The Labute approximate surface area is 217 Å². The van der Waals surface area contributed by atoms with Crippen LogP contribution in [0.3, 0.4) is 0 Å². The first-order chi connectivity index (χ1) is 17.2. The monoisotopic (exact) mass is 515 g/mol. The third kappa shape index (κ3) is 9.91. The third-order valence-corrected chi connectivity index (χ3v) is 6.59. The van der Waals surface area contributed by atoms with E-state index in [0.717, 1.165) is 16.7 Å². The van der Waals surface area contributed by atoms with Crippen molar-refractivity contribution in [2.24, 2.45) is 0 Å². The Bertz CT molecular complexity index is 986. The van der Waals surface area contributed by atoms with E-state index in [1.54, 1.807) is 6.92 Å². The van der Waals surface area contributed by atoms with Crippen LogP contribution in [0.15, 0.2) is 54.6 Å². The fourth-order valence-corrected chi connectivity index (χ4v) is 4.15. The summed E-state index contributed by atoms with van der Waals surface area (Å²) in [5, 5.41) is 16.7. The summed E-state index contributed by atoms with van der Waals surface area (Å²) >= 11 is 1.48. The molecule has 0 spiro atoms. The van der Waals surface area contributed by atoms with E-state index in [9.17, 15) is 19.5 Å². The first kappa shape index (κ1) is 29.2. The molecule has 3 N–H and O–H groups in total. The van der Waals surface area contributed by atoms with Gasteiger partial charge in [-0.05, 0) is 37.0 Å². The summed E-state index contributed by atoms with van der Waals surface area (Å²) in [6, 6.07) is 16.1. The van der Waals surface area contributed by atoms with Crippen molar-refractivity contribution in [3.8, 4) is 0 Å². The van der Waals surface area contributed by atoms with Crippen LogP contribution in [0.2, 0.25) is 0 Å². The standard InChI is InChI=1S/C27H37N3O5S/c1-5-35-27(34)29-23(15-21-12-7-6-8-13-21)25(32)26(33)30(18-36-19(2)3)17-24(31)28-16-22-14-10-9-11-20(22)4/h6-14,19,23,25,32H,5,15-18H2,1-4H3,(H,28,31)(H,29,34)/t23-,25-/m0/s1. The van der Waals surface area contributed by atoms with Crippen molar-refractivity contribution in [3.63, 3.8) is 0 Å². The van der Waals surface area contributed by atoms with Crippen LogP contribution in [0.5, 0.6) is 0 Å². The Morgan fingerprint density at radius 2 is 1.72 bits per heavy atom. The molecule has 0 fully saturated rings. The second-order valence-corrected chi connectivity index (χ2v) is 10.2. The first-order valence-electron chi connectivity index (χ1n) is 12.1. The first-order valence-corrected chi connectivity index (χ1v) is 13.1. The zero-order valence-corrected chi connectivity index (χ0v) is 22.2. The quantitative estimate of drug-likeness (QED) is 0.354. The summed E-state index contributed by atoms with van der Waals surface area (Å²) < 4.78 is 4.97. The maximum atomic E-state index is 13.4. The van der Waals surface area contributed by atoms with Gasteiger partial charge in [0.1, 0.15) is 6.54 Å². The number of nitrogens with zero attached hydrogens (tertiary/aromatic N) is 1. The van der Waals surface area contributed by atoms with Crippen LogP contribution < -0.4 is 10.6 Å². The largest absolute Gasteiger partial charge is 0.450 e. The van der Waals surface area contributed by atoms with E-state index in [1.807, 2.05) is 75.4 Å². The van der Waals surface area contributed by atoms with Crippen LogP contribution in [0.25, 0.3) is 0 Å². The topological polar surface area (TPSA) is 108 Å². The predicted octanol–water partition coefficient (Wildman–Crippen LogP) is 3.26. The summed E-state index contributed by atoms with van der Waals surface area (Å²) in [7, 11) is 0. The number of aliphatic hydroxyl groups is 1. The Kier molecular flexibility index (Phi) is 12.3. The molecule has 196 valence electrons. The Hall–Kier alpha value is -3.04. The third-order valence-electron chi connectivity index (χ3n) is 5.46. The molecule has 2 aromatic carbocycles. The molecule has 9 heteroatoms. The molecular weight excluding hydrogens is 478 g/mol. The fourth-order valence-electron chi connectivity index (χ4n) is 3.45. The van der Waals surface area contributed by atoms with Crippen LogP contribution in [-0.4, -0.2) is 64.3 Å². The molecule has 0 heterocycles. The Balaban J connectivity index is 2.14. The molecule has 0 unspecified atom stereocenters. The minimum Gasteiger partial charge on any atom is -0.450 e. The fraction of sp³-hybridized carbons (Fsp3) is 0.444. The van der Waals surface area contributed by atoms with Gasteiger partial charge in [-0.2, -0.15) is 0 Å². The molecule has 0 radical (unpaired) electrons. The summed E-state index contributed by atoms with van der Waals surface area (Å²) in [4.78, 5) is 39.6. The predicted molar refractivity (Wildman–Crippen MR) is 142 cm³/mol. The molecule has 2 atom stereocenters. The van der Waals surface area contributed by atoms with Crippen molar-refractivity contribution in [1.82, 2.24) is 15.5 Å². The van der Waals surface area contributed by atoms with E-state index in [0.29, 0.717) is 6.54 Å². The van der Waals surface area contributed by atoms with E-state index in [1.165, 1.54) is 16.7 Å². The molecule has 0 saturated carbocycles. The number of amides is 3. The highest BCUT2D eigenvalue weighted by molar-refractivity contribution is 7.99. The van der Waals surface area contributed by atoms with Crippen molar-refractivity contribution < 1.29 is 24.2 Å². The van der Waals surface area contributed by atoms with Gasteiger partial charge in [0.15, 0.2) is 6.10 Å². The molecule has 0 aliphatic heterocycles. The molecule has 36 heavy (non-hydrogen) atoms. The van der Waals surface area contributed by atoms with Crippen LogP contribution in [0.1, 0.15) is 37.5 Å². The number of aryl methyl sites for hydroxylation is 1. The molecule has 2 aromatic rings. The number of benzene rings is 2. The van der Waals surface area contributed by atoms with E-state index >= 15 is 0 Å². The summed E-state index contributed by atoms with van der Waals surface area (Å²) in [6.07, 6.45) is -2.06. The summed E-state index contributed by atoms with van der Waals surface area (Å²) in [5.41, 5.74) is 2.89. The molecule has 0 aliphatic rings. The van der Waals surface area contributed by atoms with Crippen LogP contribution in [-0.2, 0) is 27.3 Å². The average molecular weight is 516 g/mol. The summed E-state index contributed by atoms with van der Waals surface area (Å²) in [6.45, 7) is 7.91. The second-order valence-electron chi connectivity index (χ2n) is 8.69. The molecule has 0 saturated heterocycles. The zero-order valence-electron chi connectivity index (χ0n) is 21.4. The molecule has 0 aromatic heterocycles. The molecule has 0 aliphatic carbocycles. The lowest BCUT2D eigenvalue weighted by Gasteiger charge is -2.29. The maximum absolute atomic E-state index is 13.4. The second kappa shape index (κ2) is 15.2. The highest BCUT2D eigenvalue weighted by atomic mass is 32.2. The highest BCUT2D eigenvalue weighted by Gasteiger charge is 2.32. The van der Waals surface area contributed by atoms with Gasteiger partial charge in [-0.25, -0.2) is 4.79 Å². The van der Waals surface area contributed by atoms with Gasteiger partial charge in [0, 0.05) is 11.8 Å². The number of nitrogens with one attached hydrogen (secondary N) is 2. The van der Waals surface area contributed by atoms with E-state index in [2.05, 4.69) is 10.6 Å². The van der Waals surface area contributed by atoms with Gasteiger partial charge >= 0.3 is 6.09 Å². The molecule has 8 nitrogen and oxygen atoms in total. The minimum atomic E-state index is -1.56. The molecule has 3 amide bonds. The van der Waals surface area contributed by atoms with Crippen molar-refractivity contribution in [3.05, 3.63) is 71.3 Å². The lowest BCUT2D eigenvalue weighted by Crippen LogP contribution is -2.54. The summed E-state index contributed by atoms with van der Waals surface area (Å²) in [5.74, 6) is -0.740. The number of hydrogen-bond acceptors (Lipinski definition) is 6. The van der Waals surface area contributed by atoms with Gasteiger partial charge in [0.2, 0.25) is 5.91 Å². The number of aliphatic hydroxyl groups excluding tert-OH is 1. The highest BCUT2D eigenvalue weighted by Crippen LogP contribution is 2.15. The van der Waals surface area contributed by atoms with Gasteiger partial charge in [-0.1, -0.05) is 68.4 Å². The van der Waals surface area contributed by atoms with Crippen molar-refractivity contribution in [2.45, 2.75) is 58.1 Å². The van der Waals surface area contributed by atoms with Gasteiger partial charge in [-0.15, -0.1) is 11.8 Å². The van der Waals surface area contributed by atoms with Crippen LogP contribution >= 0.6 is 11.8 Å². The number of carbonyl (C=O) groups is 3. The van der Waals surface area contributed by atoms with Crippen molar-refractivity contribution >= 4 is 29.7 Å². The van der Waals surface area contributed by atoms with Crippen molar-refractivity contribution in [2.75, 3.05) is 19.0 Å². The van der Waals surface area contributed by atoms with Gasteiger partial charge in [-0.3, -0.25) is 9.59 Å². The number of ether oxygens (including phenoxy) is 1. The zero-order chi connectivity index (χ0) is 26.5. The van der Waals surface area contributed by atoms with E-state index < -0.39 is 24.1 Å². The van der Waals surface area contributed by atoms with Crippen molar-refractivity contribution in [1.29, 1.82) is 0 Å². The number of rotatable bonds is 13. The molecule has 2 rings (SSSR count). The average Bonchev–Trinajstić information content (AvgIpc) is 2.85. The molecule has 0 bridgehead atoms. The van der Waals surface area contributed by atoms with Crippen LogP contribution in [0, 0.1) is 6.92 Å². The molecular formula is C27H37N3O5S.